The zero-order valence-corrected chi connectivity index (χ0v) is 17.9. The molecule has 1 aliphatic heterocycles. The first-order valence-electron chi connectivity index (χ1n) is 10.9. The van der Waals surface area contributed by atoms with Crippen LogP contribution in [0, 0.1) is 0 Å². The molecule has 0 amide bonds. The first kappa shape index (κ1) is 21.8. The van der Waals surface area contributed by atoms with Gasteiger partial charge in [-0.25, -0.2) is 9.48 Å². The summed E-state index contributed by atoms with van der Waals surface area (Å²) in [4.78, 5) is 15.2. The summed E-state index contributed by atoms with van der Waals surface area (Å²) >= 11 is 0. The number of benzene rings is 1. The average Bonchev–Trinajstić information content (AvgIpc) is 3.32. The molecule has 4 rings (SSSR count). The fourth-order valence-corrected chi connectivity index (χ4v) is 3.77. The normalized spacial score (nSPS) is 16.3. The monoisotopic (exact) mass is 433 g/mol. The summed E-state index contributed by atoms with van der Waals surface area (Å²) in [6.07, 6.45) is 11.2. The Morgan fingerprint density at radius 3 is 2.97 bits per heavy atom. The lowest BCUT2D eigenvalue weighted by Crippen LogP contribution is -2.20. The Kier molecular flexibility index (Phi) is 7.30. The molecule has 0 saturated carbocycles. The van der Waals surface area contributed by atoms with Gasteiger partial charge in [-0.15, -0.1) is 0 Å². The maximum atomic E-state index is 10.7. The van der Waals surface area contributed by atoms with E-state index < -0.39 is 5.97 Å². The van der Waals surface area contributed by atoms with Gasteiger partial charge in [-0.3, -0.25) is 4.98 Å². The number of carboxylic acid groups (broad SMARTS) is 1. The molecule has 3 aromatic rings. The van der Waals surface area contributed by atoms with Crippen molar-refractivity contribution in [1.82, 2.24) is 14.8 Å². The lowest BCUT2D eigenvalue weighted by Gasteiger charge is -2.24. The van der Waals surface area contributed by atoms with E-state index in [2.05, 4.69) is 10.1 Å². The summed E-state index contributed by atoms with van der Waals surface area (Å²) in [5.74, 6) is -0.220. The van der Waals surface area contributed by atoms with Crippen LogP contribution in [0.1, 0.15) is 43.0 Å². The van der Waals surface area contributed by atoms with Crippen LogP contribution in [0.25, 0.3) is 17.5 Å². The van der Waals surface area contributed by atoms with Crippen molar-refractivity contribution in [3.05, 3.63) is 72.1 Å². The Morgan fingerprint density at radius 2 is 2.19 bits per heavy atom. The second-order valence-corrected chi connectivity index (χ2v) is 7.73. The van der Waals surface area contributed by atoms with Crippen molar-refractivity contribution >= 4 is 12.0 Å². The molecule has 1 aromatic carbocycles. The van der Waals surface area contributed by atoms with E-state index in [9.17, 15) is 4.79 Å². The van der Waals surface area contributed by atoms with E-state index in [1.807, 2.05) is 47.1 Å². The van der Waals surface area contributed by atoms with Crippen LogP contribution in [0.5, 0.6) is 5.75 Å². The summed E-state index contributed by atoms with van der Waals surface area (Å²) in [5, 5.41) is 13.2. The first-order valence-corrected chi connectivity index (χ1v) is 10.9. The number of aryl methyl sites for hydroxylation is 1. The minimum atomic E-state index is -0.949. The maximum absolute atomic E-state index is 10.7. The summed E-state index contributed by atoms with van der Waals surface area (Å²) in [6.45, 7) is 1.34. The third-order valence-corrected chi connectivity index (χ3v) is 5.35. The molecule has 2 aromatic heterocycles. The number of pyridine rings is 1. The summed E-state index contributed by atoms with van der Waals surface area (Å²) in [5.41, 5.74) is 3.81. The number of hydrogen-bond donors (Lipinski definition) is 1. The van der Waals surface area contributed by atoms with Crippen molar-refractivity contribution in [2.45, 2.75) is 38.3 Å². The second kappa shape index (κ2) is 10.7. The molecule has 7 nitrogen and oxygen atoms in total. The molecule has 1 fully saturated rings. The minimum absolute atomic E-state index is 0.0235. The molecule has 0 aliphatic carbocycles. The number of nitrogens with zero attached hydrogens (tertiary/aromatic N) is 3. The molecule has 1 saturated heterocycles. The number of aliphatic carboxylic acids is 1. The van der Waals surface area contributed by atoms with Crippen LogP contribution in [0.4, 0.5) is 0 Å². The molecule has 1 aliphatic rings. The van der Waals surface area contributed by atoms with E-state index in [1.54, 1.807) is 18.5 Å². The van der Waals surface area contributed by atoms with Crippen LogP contribution >= 0.6 is 0 Å². The van der Waals surface area contributed by atoms with Crippen LogP contribution in [-0.2, 0) is 16.0 Å². The van der Waals surface area contributed by atoms with Crippen molar-refractivity contribution in [2.75, 3.05) is 13.2 Å². The molecule has 1 atom stereocenters. The molecular formula is C25H27N3O4. The molecular weight excluding hydrogens is 406 g/mol. The molecule has 1 unspecified atom stereocenters. The highest BCUT2D eigenvalue weighted by molar-refractivity contribution is 5.85. The maximum Gasteiger partial charge on any atom is 0.328 e. The van der Waals surface area contributed by atoms with E-state index in [4.69, 9.17) is 14.6 Å². The SMILES string of the molecule is O=C(O)/C=C/c1cccc(CCCOc2ccc(-c3ccnn3C3CCCCO3)nc2)c1. The molecule has 3 heterocycles. The summed E-state index contributed by atoms with van der Waals surface area (Å²) in [7, 11) is 0. The zero-order chi connectivity index (χ0) is 22.2. The Hall–Kier alpha value is -3.45. The Bertz CT molecular complexity index is 1050. The summed E-state index contributed by atoms with van der Waals surface area (Å²) < 4.78 is 13.6. The number of aromatic nitrogens is 3. The number of rotatable bonds is 9. The predicted octanol–water partition coefficient (Wildman–Crippen LogP) is 4.75. The smallest absolute Gasteiger partial charge is 0.328 e. The molecule has 0 spiro atoms. The van der Waals surface area contributed by atoms with Crippen molar-refractivity contribution in [3.8, 4) is 17.1 Å². The molecule has 7 heteroatoms. The molecule has 0 bridgehead atoms. The fourth-order valence-electron chi connectivity index (χ4n) is 3.77. The predicted molar refractivity (Wildman–Crippen MR) is 121 cm³/mol. The molecule has 166 valence electrons. The molecule has 0 radical (unpaired) electrons. The fraction of sp³-hybridized carbons (Fsp3) is 0.320. The van der Waals surface area contributed by atoms with Crippen molar-refractivity contribution in [2.24, 2.45) is 0 Å². The molecule has 1 N–H and O–H groups in total. The van der Waals surface area contributed by atoms with Gasteiger partial charge in [0.05, 0.1) is 24.2 Å². The number of ether oxygens (including phenoxy) is 2. The highest BCUT2D eigenvalue weighted by Gasteiger charge is 2.20. The van der Waals surface area contributed by atoms with E-state index >= 15 is 0 Å². The first-order chi connectivity index (χ1) is 15.7. The highest BCUT2D eigenvalue weighted by atomic mass is 16.5. The van der Waals surface area contributed by atoms with E-state index in [-0.39, 0.29) is 6.23 Å². The standard InChI is InChI=1S/C25H27N3O4/c29-25(30)12-9-20-6-3-5-19(17-20)7-4-16-31-21-10-11-22(26-18-21)23-13-14-27-28(23)24-8-1-2-15-32-24/h3,5-6,9-14,17-18,24H,1-2,4,7-8,15-16H2,(H,29,30)/b12-9+. The Morgan fingerprint density at radius 1 is 1.25 bits per heavy atom. The van der Waals surface area contributed by atoms with Gasteiger partial charge in [-0.2, -0.15) is 5.10 Å². The average molecular weight is 434 g/mol. The Balaban J connectivity index is 1.29. The van der Waals surface area contributed by atoms with Gasteiger partial charge in [0, 0.05) is 18.9 Å². The zero-order valence-electron chi connectivity index (χ0n) is 17.9. The van der Waals surface area contributed by atoms with Crippen LogP contribution < -0.4 is 4.74 Å². The Labute approximate surface area is 187 Å². The van der Waals surface area contributed by atoms with Gasteiger partial charge in [0.25, 0.3) is 0 Å². The number of carboxylic acids is 1. The van der Waals surface area contributed by atoms with E-state index in [1.165, 1.54) is 0 Å². The van der Waals surface area contributed by atoms with Crippen LogP contribution in [0.2, 0.25) is 0 Å². The third kappa shape index (κ3) is 5.82. The lowest BCUT2D eigenvalue weighted by atomic mass is 10.1. The summed E-state index contributed by atoms with van der Waals surface area (Å²) in [6, 6.07) is 13.7. The van der Waals surface area contributed by atoms with Crippen molar-refractivity contribution in [3.63, 3.8) is 0 Å². The van der Waals surface area contributed by atoms with Gasteiger partial charge in [-0.05, 0) is 67.5 Å². The van der Waals surface area contributed by atoms with Crippen LogP contribution in [-0.4, -0.2) is 39.1 Å². The van der Waals surface area contributed by atoms with Gasteiger partial charge in [-0.1, -0.05) is 24.3 Å². The highest BCUT2D eigenvalue weighted by Crippen LogP contribution is 2.28. The van der Waals surface area contributed by atoms with Crippen LogP contribution in [0.3, 0.4) is 0 Å². The van der Waals surface area contributed by atoms with Crippen LogP contribution in [0.15, 0.2) is 60.9 Å². The van der Waals surface area contributed by atoms with Gasteiger partial charge in [0.15, 0.2) is 6.23 Å². The van der Waals surface area contributed by atoms with E-state index in [0.717, 1.165) is 73.1 Å². The van der Waals surface area contributed by atoms with Gasteiger partial charge in [0.2, 0.25) is 0 Å². The largest absolute Gasteiger partial charge is 0.492 e. The lowest BCUT2D eigenvalue weighted by molar-refractivity contribution is -0.131. The topological polar surface area (TPSA) is 86.5 Å². The van der Waals surface area contributed by atoms with Gasteiger partial charge >= 0.3 is 5.97 Å². The molecule has 32 heavy (non-hydrogen) atoms. The quantitative estimate of drug-likeness (QED) is 0.387. The van der Waals surface area contributed by atoms with Crippen molar-refractivity contribution < 1.29 is 19.4 Å². The van der Waals surface area contributed by atoms with Gasteiger partial charge in [0.1, 0.15) is 5.75 Å². The number of carbonyl (C=O) groups is 1. The number of hydrogen-bond acceptors (Lipinski definition) is 5. The van der Waals surface area contributed by atoms with Gasteiger partial charge < -0.3 is 14.6 Å². The second-order valence-electron chi connectivity index (χ2n) is 7.73. The third-order valence-electron chi connectivity index (χ3n) is 5.35. The minimum Gasteiger partial charge on any atom is -0.492 e. The van der Waals surface area contributed by atoms with Crippen molar-refractivity contribution in [1.29, 1.82) is 0 Å². The van der Waals surface area contributed by atoms with E-state index in [0.29, 0.717) is 6.61 Å².